The summed E-state index contributed by atoms with van der Waals surface area (Å²) in [4.78, 5) is 17.6. The van der Waals surface area contributed by atoms with Gasteiger partial charge in [0, 0.05) is 63.6 Å². The summed E-state index contributed by atoms with van der Waals surface area (Å²) in [6.45, 7) is 4.29. The van der Waals surface area contributed by atoms with Crippen LogP contribution in [0.25, 0.3) is 0 Å². The van der Waals surface area contributed by atoms with Crippen LogP contribution in [-0.4, -0.2) is 59.2 Å². The highest BCUT2D eigenvalue weighted by Gasteiger charge is 2.21. The van der Waals surface area contributed by atoms with Crippen molar-refractivity contribution in [1.29, 1.82) is 0 Å². The second kappa shape index (κ2) is 6.77. The zero-order valence-corrected chi connectivity index (χ0v) is 12.8. The first-order valence-electron chi connectivity index (χ1n) is 6.95. The van der Waals surface area contributed by atoms with Crippen LogP contribution in [0.3, 0.4) is 0 Å². The van der Waals surface area contributed by atoms with Gasteiger partial charge >= 0.3 is 0 Å². The number of nitrogens with zero attached hydrogens (tertiary/aromatic N) is 6. The van der Waals surface area contributed by atoms with Crippen molar-refractivity contribution >= 4 is 22.6 Å². The summed E-state index contributed by atoms with van der Waals surface area (Å²) in [6, 6.07) is 1.84. The zero-order valence-electron chi connectivity index (χ0n) is 12.0. The van der Waals surface area contributed by atoms with E-state index in [9.17, 15) is 0 Å². The number of methoxy groups -OCH3 is 1. The van der Waals surface area contributed by atoms with Crippen molar-refractivity contribution < 1.29 is 4.74 Å². The third-order valence-electron chi connectivity index (χ3n) is 3.37. The standard InChI is InChI=1S/C13H18N6OS/c1-20-10-3-11-16-13(21-17-11)19-8-6-18(7-9-19)12-14-4-2-5-15-12/h2,4-5H,3,6-10H2,1H3. The molecule has 1 aliphatic rings. The monoisotopic (exact) mass is 306 g/mol. The fraction of sp³-hybridized carbons (Fsp3) is 0.538. The number of piperazine rings is 1. The van der Waals surface area contributed by atoms with E-state index in [4.69, 9.17) is 4.74 Å². The minimum absolute atomic E-state index is 0.662. The Morgan fingerprint density at radius 1 is 1.14 bits per heavy atom. The molecule has 0 atom stereocenters. The quantitative estimate of drug-likeness (QED) is 0.811. The summed E-state index contributed by atoms with van der Waals surface area (Å²) in [5.41, 5.74) is 0. The molecule has 0 spiro atoms. The van der Waals surface area contributed by atoms with Gasteiger partial charge in [0.25, 0.3) is 0 Å². The lowest BCUT2D eigenvalue weighted by Gasteiger charge is -2.34. The molecule has 2 aromatic heterocycles. The van der Waals surface area contributed by atoms with Crippen molar-refractivity contribution in [2.75, 3.05) is 49.7 Å². The Hall–Kier alpha value is -1.80. The minimum atomic E-state index is 0.662. The first kappa shape index (κ1) is 14.2. The van der Waals surface area contributed by atoms with Crippen LogP contribution >= 0.6 is 11.5 Å². The smallest absolute Gasteiger partial charge is 0.225 e. The predicted molar refractivity (Wildman–Crippen MR) is 81.9 cm³/mol. The van der Waals surface area contributed by atoms with Crippen LogP contribution in [0.1, 0.15) is 5.82 Å². The van der Waals surface area contributed by atoms with Gasteiger partial charge in [0.1, 0.15) is 5.82 Å². The van der Waals surface area contributed by atoms with E-state index in [0.717, 1.165) is 49.5 Å². The molecule has 21 heavy (non-hydrogen) atoms. The first-order chi connectivity index (χ1) is 10.4. The van der Waals surface area contributed by atoms with Crippen LogP contribution in [-0.2, 0) is 11.2 Å². The second-order valence-corrected chi connectivity index (χ2v) is 5.49. The molecule has 1 fully saturated rings. The Bertz CT molecular complexity index is 555. The van der Waals surface area contributed by atoms with Crippen molar-refractivity contribution in [3.05, 3.63) is 24.3 Å². The molecule has 3 rings (SSSR count). The van der Waals surface area contributed by atoms with E-state index in [1.165, 1.54) is 11.5 Å². The third-order valence-corrected chi connectivity index (χ3v) is 4.19. The minimum Gasteiger partial charge on any atom is -0.384 e. The highest BCUT2D eigenvalue weighted by Crippen LogP contribution is 2.20. The van der Waals surface area contributed by atoms with Crippen LogP contribution < -0.4 is 9.80 Å². The molecular weight excluding hydrogens is 288 g/mol. The van der Waals surface area contributed by atoms with Gasteiger partial charge in [0.05, 0.1) is 6.61 Å². The topological polar surface area (TPSA) is 67.3 Å². The maximum Gasteiger partial charge on any atom is 0.225 e. The summed E-state index contributed by atoms with van der Waals surface area (Å²) in [7, 11) is 1.69. The fourth-order valence-electron chi connectivity index (χ4n) is 2.22. The Balaban J connectivity index is 1.57. The normalized spacial score (nSPS) is 15.5. The molecule has 0 radical (unpaired) electrons. The van der Waals surface area contributed by atoms with Crippen LogP contribution in [0.15, 0.2) is 18.5 Å². The number of ether oxygens (including phenoxy) is 1. The van der Waals surface area contributed by atoms with Gasteiger partial charge in [0.15, 0.2) is 0 Å². The largest absolute Gasteiger partial charge is 0.384 e. The Labute approximate surface area is 127 Å². The fourth-order valence-corrected chi connectivity index (χ4v) is 2.98. The van der Waals surface area contributed by atoms with Gasteiger partial charge < -0.3 is 14.5 Å². The van der Waals surface area contributed by atoms with Gasteiger partial charge in [-0.15, -0.1) is 0 Å². The van der Waals surface area contributed by atoms with Gasteiger partial charge in [0.2, 0.25) is 11.1 Å². The molecule has 0 N–H and O–H groups in total. The van der Waals surface area contributed by atoms with Crippen molar-refractivity contribution in [1.82, 2.24) is 19.3 Å². The Kier molecular flexibility index (Phi) is 4.56. The van der Waals surface area contributed by atoms with Crippen LogP contribution in [0.5, 0.6) is 0 Å². The van der Waals surface area contributed by atoms with Crippen molar-refractivity contribution in [3.8, 4) is 0 Å². The van der Waals surface area contributed by atoms with Gasteiger partial charge in [-0.1, -0.05) is 0 Å². The lowest BCUT2D eigenvalue weighted by Crippen LogP contribution is -2.47. The van der Waals surface area contributed by atoms with E-state index in [1.807, 2.05) is 6.07 Å². The molecule has 0 amide bonds. The molecule has 3 heterocycles. The van der Waals surface area contributed by atoms with Gasteiger partial charge in [-0.25, -0.2) is 15.0 Å². The van der Waals surface area contributed by atoms with E-state index in [-0.39, 0.29) is 0 Å². The number of aromatic nitrogens is 4. The molecule has 0 bridgehead atoms. The number of hydrogen-bond acceptors (Lipinski definition) is 8. The molecule has 7 nitrogen and oxygen atoms in total. The van der Waals surface area contributed by atoms with Gasteiger partial charge in [-0.05, 0) is 6.07 Å². The molecule has 1 aliphatic heterocycles. The van der Waals surface area contributed by atoms with E-state index in [2.05, 4.69) is 29.1 Å². The molecule has 1 saturated heterocycles. The highest BCUT2D eigenvalue weighted by molar-refractivity contribution is 7.09. The molecule has 0 saturated carbocycles. The molecule has 0 aliphatic carbocycles. The molecule has 8 heteroatoms. The maximum absolute atomic E-state index is 5.05. The van der Waals surface area contributed by atoms with Gasteiger partial charge in [-0.3, -0.25) is 0 Å². The molecule has 112 valence electrons. The Morgan fingerprint density at radius 3 is 2.57 bits per heavy atom. The van der Waals surface area contributed by atoms with E-state index >= 15 is 0 Å². The summed E-state index contributed by atoms with van der Waals surface area (Å²) in [6.07, 6.45) is 4.33. The molecule has 0 aromatic carbocycles. The summed E-state index contributed by atoms with van der Waals surface area (Å²) < 4.78 is 9.43. The molecule has 0 unspecified atom stereocenters. The lowest BCUT2D eigenvalue weighted by atomic mass is 10.3. The maximum atomic E-state index is 5.05. The predicted octanol–water partition coefficient (Wildman–Crippen LogP) is 0.844. The van der Waals surface area contributed by atoms with Crippen LogP contribution in [0.2, 0.25) is 0 Å². The summed E-state index contributed by atoms with van der Waals surface area (Å²) in [5.74, 6) is 1.67. The average molecular weight is 306 g/mol. The van der Waals surface area contributed by atoms with Gasteiger partial charge in [-0.2, -0.15) is 4.37 Å². The number of hydrogen-bond donors (Lipinski definition) is 0. The van der Waals surface area contributed by atoms with E-state index in [0.29, 0.717) is 6.61 Å². The first-order valence-corrected chi connectivity index (χ1v) is 7.72. The summed E-state index contributed by atoms with van der Waals surface area (Å²) in [5, 5.41) is 0.995. The number of rotatable bonds is 5. The third kappa shape index (κ3) is 3.45. The molecular formula is C13H18N6OS. The SMILES string of the molecule is COCCc1nsc(N2CCN(c3ncccn3)CC2)n1. The van der Waals surface area contributed by atoms with E-state index in [1.54, 1.807) is 19.5 Å². The van der Waals surface area contributed by atoms with E-state index < -0.39 is 0 Å². The zero-order chi connectivity index (χ0) is 14.5. The molecule has 2 aromatic rings. The highest BCUT2D eigenvalue weighted by atomic mass is 32.1. The van der Waals surface area contributed by atoms with Crippen molar-refractivity contribution in [3.63, 3.8) is 0 Å². The average Bonchev–Trinajstić information content (AvgIpc) is 3.03. The second-order valence-electron chi connectivity index (χ2n) is 4.76. The van der Waals surface area contributed by atoms with Crippen LogP contribution in [0.4, 0.5) is 11.1 Å². The van der Waals surface area contributed by atoms with Crippen molar-refractivity contribution in [2.45, 2.75) is 6.42 Å². The Morgan fingerprint density at radius 2 is 1.86 bits per heavy atom. The van der Waals surface area contributed by atoms with Crippen LogP contribution in [0, 0.1) is 0 Å². The number of anilines is 2. The summed E-state index contributed by atoms with van der Waals surface area (Å²) >= 11 is 1.46. The van der Waals surface area contributed by atoms with Crippen molar-refractivity contribution in [2.24, 2.45) is 0 Å². The lowest BCUT2D eigenvalue weighted by molar-refractivity contribution is 0.201.